The summed E-state index contributed by atoms with van der Waals surface area (Å²) < 4.78 is 5.48. The lowest BCUT2D eigenvalue weighted by atomic mass is 10.1. The molecular weight excluding hydrogens is 428 g/mol. The molecule has 1 heterocycles. The number of hydrogen-bond donors (Lipinski definition) is 2. The Kier molecular flexibility index (Phi) is 7.37. The van der Waals surface area contributed by atoms with Crippen molar-refractivity contribution in [1.82, 2.24) is 4.90 Å². The van der Waals surface area contributed by atoms with E-state index in [1.165, 1.54) is 0 Å². The second-order valence-electron chi connectivity index (χ2n) is 7.13. The van der Waals surface area contributed by atoms with Crippen LogP contribution in [-0.2, 0) is 16.0 Å². The lowest BCUT2D eigenvalue weighted by Gasteiger charge is -2.13. The number of nitrogens with one attached hydrogen (secondary N) is 1. The lowest BCUT2D eigenvalue weighted by Crippen LogP contribution is -2.36. The fourth-order valence-corrected chi connectivity index (χ4v) is 3.96. The number of benzene rings is 2. The molecule has 0 atom stereocenters. The first-order valence-electron chi connectivity index (χ1n) is 10.0. The largest absolute Gasteiger partial charge is 0.504 e. The molecule has 32 heavy (non-hydrogen) atoms. The van der Waals surface area contributed by atoms with Crippen LogP contribution in [0.25, 0.3) is 6.08 Å². The zero-order valence-electron chi connectivity index (χ0n) is 17.9. The monoisotopic (exact) mass is 452 g/mol. The van der Waals surface area contributed by atoms with Gasteiger partial charge in [0.05, 0.1) is 11.5 Å². The molecule has 8 heteroatoms. The second kappa shape index (κ2) is 10.2. The summed E-state index contributed by atoms with van der Waals surface area (Å²) in [4.78, 5) is 38.6. The van der Waals surface area contributed by atoms with E-state index in [9.17, 15) is 19.5 Å². The SMILES string of the molecule is C=CCc1cc(C=C2SC(=O)N(CC(=O)Nc3ccc(C)cc3)C2=O)cc(OCC)c1O. The number of carbonyl (C=O) groups excluding carboxylic acids is 3. The maximum atomic E-state index is 12.8. The number of allylic oxidation sites excluding steroid dienone is 1. The van der Waals surface area contributed by atoms with Crippen LogP contribution < -0.4 is 10.1 Å². The minimum absolute atomic E-state index is 0.0183. The Morgan fingerprint density at radius 1 is 1.25 bits per heavy atom. The van der Waals surface area contributed by atoms with Crippen molar-refractivity contribution in [1.29, 1.82) is 0 Å². The van der Waals surface area contributed by atoms with Crippen LogP contribution in [0, 0.1) is 6.92 Å². The van der Waals surface area contributed by atoms with Crippen molar-refractivity contribution in [2.45, 2.75) is 20.3 Å². The van der Waals surface area contributed by atoms with Crippen molar-refractivity contribution >= 4 is 40.6 Å². The molecule has 0 spiro atoms. The molecule has 3 rings (SSSR count). The highest BCUT2D eigenvalue weighted by Gasteiger charge is 2.36. The van der Waals surface area contributed by atoms with E-state index in [0.29, 0.717) is 29.8 Å². The van der Waals surface area contributed by atoms with Crippen LogP contribution in [0.3, 0.4) is 0 Å². The maximum Gasteiger partial charge on any atom is 0.294 e. The molecule has 0 unspecified atom stereocenters. The van der Waals surface area contributed by atoms with Gasteiger partial charge < -0.3 is 15.2 Å². The molecule has 2 aromatic carbocycles. The Bertz CT molecular complexity index is 1090. The van der Waals surface area contributed by atoms with Crippen molar-refractivity contribution in [3.8, 4) is 11.5 Å². The van der Waals surface area contributed by atoms with Crippen molar-refractivity contribution in [3.63, 3.8) is 0 Å². The molecular formula is C24H24N2O5S. The number of rotatable bonds is 8. The molecule has 0 aromatic heterocycles. The summed E-state index contributed by atoms with van der Waals surface area (Å²) in [6.45, 7) is 7.40. The van der Waals surface area contributed by atoms with E-state index in [-0.39, 0.29) is 22.9 Å². The predicted octanol–water partition coefficient (Wildman–Crippen LogP) is 4.50. The fraction of sp³-hybridized carbons (Fsp3) is 0.208. The highest BCUT2D eigenvalue weighted by Crippen LogP contribution is 2.36. The van der Waals surface area contributed by atoms with Gasteiger partial charge in [0.1, 0.15) is 6.54 Å². The maximum absolute atomic E-state index is 12.8. The van der Waals surface area contributed by atoms with E-state index >= 15 is 0 Å². The average Bonchev–Trinajstić information content (AvgIpc) is 3.00. The molecule has 0 radical (unpaired) electrons. The van der Waals surface area contributed by atoms with Gasteiger partial charge in [-0.05, 0) is 67.9 Å². The number of imide groups is 1. The fourth-order valence-electron chi connectivity index (χ4n) is 3.12. The summed E-state index contributed by atoms with van der Waals surface area (Å²) in [6.07, 6.45) is 3.61. The summed E-state index contributed by atoms with van der Waals surface area (Å²) in [5.41, 5.74) is 2.83. The highest BCUT2D eigenvalue weighted by atomic mass is 32.2. The number of hydrogen-bond acceptors (Lipinski definition) is 6. The van der Waals surface area contributed by atoms with Gasteiger partial charge in [-0.2, -0.15) is 0 Å². The quantitative estimate of drug-likeness (QED) is 0.452. The Morgan fingerprint density at radius 2 is 1.97 bits per heavy atom. The lowest BCUT2D eigenvalue weighted by molar-refractivity contribution is -0.127. The number of phenols is 1. The van der Waals surface area contributed by atoms with E-state index < -0.39 is 17.1 Å². The van der Waals surface area contributed by atoms with Crippen molar-refractivity contribution in [2.75, 3.05) is 18.5 Å². The van der Waals surface area contributed by atoms with Gasteiger partial charge in [-0.15, -0.1) is 6.58 Å². The minimum Gasteiger partial charge on any atom is -0.504 e. The summed E-state index contributed by atoms with van der Waals surface area (Å²) >= 11 is 0.765. The minimum atomic E-state index is -0.546. The molecule has 1 aliphatic rings. The van der Waals surface area contributed by atoms with Crippen molar-refractivity contribution < 1.29 is 24.2 Å². The number of carbonyl (C=O) groups is 3. The topological polar surface area (TPSA) is 95.9 Å². The molecule has 1 aliphatic heterocycles. The van der Waals surface area contributed by atoms with Crippen LogP contribution in [0.15, 0.2) is 54.0 Å². The molecule has 2 aromatic rings. The van der Waals surface area contributed by atoms with Gasteiger partial charge in [0.25, 0.3) is 11.1 Å². The third-order valence-corrected chi connectivity index (χ3v) is 5.56. The Labute approximate surface area is 190 Å². The molecule has 166 valence electrons. The van der Waals surface area contributed by atoms with E-state index in [1.54, 1.807) is 43.3 Å². The zero-order chi connectivity index (χ0) is 23.3. The second-order valence-corrected chi connectivity index (χ2v) is 8.13. The molecule has 3 amide bonds. The van der Waals surface area contributed by atoms with E-state index in [1.807, 2.05) is 19.1 Å². The van der Waals surface area contributed by atoms with E-state index in [0.717, 1.165) is 22.2 Å². The summed E-state index contributed by atoms with van der Waals surface area (Å²) in [7, 11) is 0. The highest BCUT2D eigenvalue weighted by molar-refractivity contribution is 8.18. The number of aromatic hydroxyl groups is 1. The van der Waals surface area contributed by atoms with Gasteiger partial charge in [-0.1, -0.05) is 23.8 Å². The van der Waals surface area contributed by atoms with Crippen molar-refractivity contribution in [3.05, 3.63) is 70.6 Å². The van der Waals surface area contributed by atoms with Gasteiger partial charge in [0, 0.05) is 11.3 Å². The molecule has 0 saturated carbocycles. The summed E-state index contributed by atoms with van der Waals surface area (Å²) in [6, 6.07) is 10.5. The van der Waals surface area contributed by atoms with Gasteiger partial charge in [0.2, 0.25) is 5.91 Å². The number of thioether (sulfide) groups is 1. The average molecular weight is 453 g/mol. The van der Waals surface area contributed by atoms with Crippen LogP contribution in [0.4, 0.5) is 10.5 Å². The van der Waals surface area contributed by atoms with Crippen LogP contribution in [0.1, 0.15) is 23.6 Å². The van der Waals surface area contributed by atoms with Crippen LogP contribution in [0.5, 0.6) is 11.5 Å². The van der Waals surface area contributed by atoms with Crippen LogP contribution in [0.2, 0.25) is 0 Å². The third kappa shape index (κ3) is 5.39. The number of anilines is 1. The molecule has 2 N–H and O–H groups in total. The number of aryl methyl sites for hydroxylation is 1. The van der Waals surface area contributed by atoms with Crippen LogP contribution in [-0.4, -0.2) is 40.2 Å². The van der Waals surface area contributed by atoms with Gasteiger partial charge in [-0.25, -0.2) is 0 Å². The predicted molar refractivity (Wildman–Crippen MR) is 126 cm³/mol. The summed E-state index contributed by atoms with van der Waals surface area (Å²) in [5, 5.41) is 12.5. The summed E-state index contributed by atoms with van der Waals surface area (Å²) in [5.74, 6) is -0.705. The number of amides is 3. The zero-order valence-corrected chi connectivity index (χ0v) is 18.7. The molecule has 0 aliphatic carbocycles. The Hall–Kier alpha value is -3.52. The van der Waals surface area contributed by atoms with E-state index in [2.05, 4.69) is 11.9 Å². The third-order valence-electron chi connectivity index (χ3n) is 4.65. The first-order chi connectivity index (χ1) is 15.3. The molecule has 1 saturated heterocycles. The molecule has 1 fully saturated rings. The van der Waals surface area contributed by atoms with Crippen molar-refractivity contribution in [2.24, 2.45) is 0 Å². The smallest absolute Gasteiger partial charge is 0.294 e. The standard InChI is InChI=1S/C24H24N2O5S/c1-4-6-17-11-16(12-19(22(17)28)31-5-2)13-20-23(29)26(24(30)32-20)14-21(27)25-18-9-7-15(3)8-10-18/h4,7-13,28H,1,5-6,14H2,2-3H3,(H,25,27). The van der Waals surface area contributed by atoms with E-state index in [4.69, 9.17) is 4.74 Å². The number of nitrogens with zero attached hydrogens (tertiary/aromatic N) is 1. The Morgan fingerprint density at radius 3 is 2.62 bits per heavy atom. The first kappa shape index (κ1) is 23.1. The normalized spacial score (nSPS) is 14.7. The van der Waals surface area contributed by atoms with Gasteiger partial charge in [0.15, 0.2) is 11.5 Å². The molecule has 7 nitrogen and oxygen atoms in total. The number of phenolic OH excluding ortho intramolecular Hbond substituents is 1. The Balaban J connectivity index is 1.78. The van der Waals surface area contributed by atoms with Crippen LogP contribution >= 0.6 is 11.8 Å². The molecule has 0 bridgehead atoms. The first-order valence-corrected chi connectivity index (χ1v) is 10.9. The van der Waals surface area contributed by atoms with Gasteiger partial charge >= 0.3 is 0 Å². The van der Waals surface area contributed by atoms with Gasteiger partial charge in [-0.3, -0.25) is 19.3 Å². The number of ether oxygens (including phenoxy) is 1.